The molecule has 0 radical (unpaired) electrons. The highest BCUT2D eigenvalue weighted by Crippen LogP contribution is 2.35. The quantitative estimate of drug-likeness (QED) is 0.906. The van der Waals surface area contributed by atoms with E-state index in [1.807, 2.05) is 13.0 Å². The summed E-state index contributed by atoms with van der Waals surface area (Å²) < 4.78 is 43.3. The first-order chi connectivity index (χ1) is 9.81. The van der Waals surface area contributed by atoms with Crippen molar-refractivity contribution >= 4 is 17.2 Å². The maximum atomic E-state index is 12.7. The van der Waals surface area contributed by atoms with Crippen LogP contribution in [0.2, 0.25) is 0 Å². The second kappa shape index (κ2) is 5.51. The normalized spacial score (nSPS) is 11.3. The van der Waals surface area contributed by atoms with Gasteiger partial charge in [0.2, 0.25) is 0 Å². The monoisotopic (exact) mass is 297 g/mol. The molecule has 112 valence electrons. The van der Waals surface area contributed by atoms with Crippen LogP contribution in [0.15, 0.2) is 30.5 Å². The van der Waals surface area contributed by atoms with Gasteiger partial charge in [-0.05, 0) is 30.7 Å². The van der Waals surface area contributed by atoms with Crippen LogP contribution in [-0.2, 0) is 6.18 Å². The molecule has 2 aromatic rings. The minimum Gasteiger partial charge on any atom is -0.495 e. The maximum absolute atomic E-state index is 12.7. The summed E-state index contributed by atoms with van der Waals surface area (Å²) in [5, 5.41) is 2.83. The van der Waals surface area contributed by atoms with Gasteiger partial charge in [0, 0.05) is 6.20 Å². The third kappa shape index (κ3) is 3.36. The molecular weight excluding hydrogens is 283 g/mol. The zero-order chi connectivity index (χ0) is 15.6. The zero-order valence-corrected chi connectivity index (χ0v) is 11.5. The van der Waals surface area contributed by atoms with Crippen LogP contribution < -0.4 is 15.8 Å². The molecule has 4 nitrogen and oxygen atoms in total. The van der Waals surface area contributed by atoms with Crippen LogP contribution in [0.25, 0.3) is 0 Å². The number of nitrogen functional groups attached to an aromatic ring is 1. The molecule has 0 bridgehead atoms. The molecule has 0 atom stereocenters. The van der Waals surface area contributed by atoms with Crippen molar-refractivity contribution in [3.8, 4) is 5.75 Å². The average molecular weight is 297 g/mol. The van der Waals surface area contributed by atoms with Crippen LogP contribution in [0, 0.1) is 6.92 Å². The molecule has 0 saturated carbocycles. The van der Waals surface area contributed by atoms with Crippen LogP contribution in [-0.4, -0.2) is 12.1 Å². The Morgan fingerprint density at radius 3 is 2.52 bits per heavy atom. The lowest BCUT2D eigenvalue weighted by atomic mass is 10.2. The molecule has 0 fully saturated rings. The topological polar surface area (TPSA) is 60.2 Å². The van der Waals surface area contributed by atoms with Crippen molar-refractivity contribution in [1.29, 1.82) is 0 Å². The van der Waals surface area contributed by atoms with Crippen molar-refractivity contribution in [3.05, 3.63) is 41.6 Å². The molecule has 0 unspecified atom stereocenters. The van der Waals surface area contributed by atoms with Gasteiger partial charge in [0.15, 0.2) is 0 Å². The Labute approximate surface area is 119 Å². The van der Waals surface area contributed by atoms with Gasteiger partial charge in [-0.3, -0.25) is 0 Å². The third-order valence-electron chi connectivity index (χ3n) is 2.87. The summed E-state index contributed by atoms with van der Waals surface area (Å²) in [5.41, 5.74) is 6.28. The van der Waals surface area contributed by atoms with Gasteiger partial charge in [-0.1, -0.05) is 6.07 Å². The Morgan fingerprint density at radius 2 is 1.90 bits per heavy atom. The van der Waals surface area contributed by atoms with Crippen molar-refractivity contribution in [1.82, 2.24) is 4.98 Å². The first-order valence-corrected chi connectivity index (χ1v) is 6.05. The third-order valence-corrected chi connectivity index (χ3v) is 2.87. The SMILES string of the molecule is COc1ccc(C)cc1Nc1cc(C(F)(F)F)cnc1N. The van der Waals surface area contributed by atoms with Crippen LogP contribution in [0.1, 0.15) is 11.1 Å². The molecule has 0 aliphatic carbocycles. The van der Waals surface area contributed by atoms with Gasteiger partial charge in [-0.2, -0.15) is 13.2 Å². The number of methoxy groups -OCH3 is 1. The Kier molecular flexibility index (Phi) is 3.93. The van der Waals surface area contributed by atoms with Gasteiger partial charge in [0.25, 0.3) is 0 Å². The molecule has 21 heavy (non-hydrogen) atoms. The van der Waals surface area contributed by atoms with Crippen molar-refractivity contribution in [2.24, 2.45) is 0 Å². The summed E-state index contributed by atoms with van der Waals surface area (Å²) in [7, 11) is 1.48. The Balaban J connectivity index is 2.42. The van der Waals surface area contributed by atoms with Gasteiger partial charge in [-0.25, -0.2) is 4.98 Å². The average Bonchev–Trinajstić information content (AvgIpc) is 2.40. The van der Waals surface area contributed by atoms with E-state index < -0.39 is 11.7 Å². The van der Waals surface area contributed by atoms with Crippen LogP contribution in [0.3, 0.4) is 0 Å². The lowest BCUT2D eigenvalue weighted by Crippen LogP contribution is -2.08. The Bertz CT molecular complexity index is 656. The summed E-state index contributed by atoms with van der Waals surface area (Å²) in [6, 6.07) is 6.22. The predicted octanol–water partition coefficient (Wildman–Crippen LogP) is 3.74. The van der Waals surface area contributed by atoms with Crippen molar-refractivity contribution in [2.75, 3.05) is 18.2 Å². The van der Waals surface area contributed by atoms with Crippen LogP contribution >= 0.6 is 0 Å². The highest BCUT2D eigenvalue weighted by atomic mass is 19.4. The van der Waals surface area contributed by atoms with E-state index in [1.165, 1.54) is 7.11 Å². The fraction of sp³-hybridized carbons (Fsp3) is 0.214. The molecule has 0 aliphatic rings. The number of aromatic nitrogens is 1. The van der Waals surface area contributed by atoms with E-state index in [-0.39, 0.29) is 11.5 Å². The molecule has 0 amide bonds. The first-order valence-electron chi connectivity index (χ1n) is 6.05. The minimum atomic E-state index is -4.48. The summed E-state index contributed by atoms with van der Waals surface area (Å²) in [6.45, 7) is 1.86. The summed E-state index contributed by atoms with van der Waals surface area (Å²) >= 11 is 0. The number of ether oxygens (including phenoxy) is 1. The highest BCUT2D eigenvalue weighted by molar-refractivity contribution is 5.74. The van der Waals surface area contributed by atoms with Crippen molar-refractivity contribution in [2.45, 2.75) is 13.1 Å². The molecule has 2 rings (SSSR count). The predicted molar refractivity (Wildman–Crippen MR) is 74.7 cm³/mol. The molecule has 1 aromatic carbocycles. The lowest BCUT2D eigenvalue weighted by molar-refractivity contribution is -0.137. The van der Waals surface area contributed by atoms with E-state index in [0.717, 1.165) is 11.6 Å². The van der Waals surface area contributed by atoms with Gasteiger partial charge < -0.3 is 15.8 Å². The van der Waals surface area contributed by atoms with Gasteiger partial charge in [0.1, 0.15) is 11.6 Å². The summed E-state index contributed by atoms with van der Waals surface area (Å²) in [5.74, 6) is 0.476. The molecular formula is C14H14F3N3O. The smallest absolute Gasteiger partial charge is 0.417 e. The molecule has 1 aromatic heterocycles. The standard InChI is InChI=1S/C14H14F3N3O/c1-8-3-4-12(21-2)10(5-8)20-11-6-9(14(15,16)17)7-19-13(11)18/h3-7,20H,1-2H3,(H2,18,19). The molecule has 7 heteroatoms. The second-order valence-corrected chi connectivity index (χ2v) is 4.48. The van der Waals surface area contributed by atoms with E-state index in [2.05, 4.69) is 10.3 Å². The fourth-order valence-electron chi connectivity index (χ4n) is 1.80. The number of hydrogen-bond donors (Lipinski definition) is 2. The number of pyridine rings is 1. The Morgan fingerprint density at radius 1 is 1.19 bits per heavy atom. The number of nitrogens with one attached hydrogen (secondary N) is 1. The van der Waals surface area contributed by atoms with Gasteiger partial charge >= 0.3 is 6.18 Å². The number of nitrogens with zero attached hydrogens (tertiary/aromatic N) is 1. The van der Waals surface area contributed by atoms with Crippen molar-refractivity contribution < 1.29 is 17.9 Å². The number of nitrogens with two attached hydrogens (primary N) is 1. The van der Waals surface area contributed by atoms with Crippen LogP contribution in [0.4, 0.5) is 30.4 Å². The highest BCUT2D eigenvalue weighted by Gasteiger charge is 2.31. The number of benzene rings is 1. The van der Waals surface area contributed by atoms with E-state index in [9.17, 15) is 13.2 Å². The summed E-state index contributed by atoms with van der Waals surface area (Å²) in [4.78, 5) is 3.57. The van der Waals surface area contributed by atoms with Crippen molar-refractivity contribution in [3.63, 3.8) is 0 Å². The minimum absolute atomic E-state index is 0.0217. The number of anilines is 3. The number of rotatable bonds is 3. The van der Waals surface area contributed by atoms with E-state index in [4.69, 9.17) is 10.5 Å². The van der Waals surface area contributed by atoms with Gasteiger partial charge in [-0.15, -0.1) is 0 Å². The van der Waals surface area contributed by atoms with E-state index in [1.54, 1.807) is 12.1 Å². The molecule has 0 spiro atoms. The molecule has 3 N–H and O–H groups in total. The van der Waals surface area contributed by atoms with E-state index in [0.29, 0.717) is 17.6 Å². The fourth-order valence-corrected chi connectivity index (χ4v) is 1.80. The lowest BCUT2D eigenvalue weighted by Gasteiger charge is -2.15. The van der Waals surface area contributed by atoms with E-state index >= 15 is 0 Å². The largest absolute Gasteiger partial charge is 0.495 e. The number of halogens is 3. The number of hydrogen-bond acceptors (Lipinski definition) is 4. The number of aryl methyl sites for hydroxylation is 1. The second-order valence-electron chi connectivity index (χ2n) is 4.48. The van der Waals surface area contributed by atoms with Crippen LogP contribution in [0.5, 0.6) is 5.75 Å². The number of alkyl halides is 3. The summed E-state index contributed by atoms with van der Waals surface area (Å²) in [6.07, 6.45) is -3.78. The Hall–Kier alpha value is -2.44. The first kappa shape index (κ1) is 15.0. The zero-order valence-electron chi connectivity index (χ0n) is 11.5. The van der Waals surface area contributed by atoms with Gasteiger partial charge in [0.05, 0.1) is 24.0 Å². The molecule has 0 saturated heterocycles. The maximum Gasteiger partial charge on any atom is 0.417 e. The molecule has 0 aliphatic heterocycles. The molecule has 1 heterocycles.